The van der Waals surface area contributed by atoms with Crippen LogP contribution in [0.1, 0.15) is 19.8 Å². The van der Waals surface area contributed by atoms with E-state index in [-0.39, 0.29) is 24.3 Å². The molecule has 0 spiro atoms. The van der Waals surface area contributed by atoms with Gasteiger partial charge in [0.1, 0.15) is 11.5 Å². The van der Waals surface area contributed by atoms with Crippen molar-refractivity contribution in [2.24, 2.45) is 0 Å². The average Bonchev–Trinajstić information content (AvgIpc) is 3.14. The van der Waals surface area contributed by atoms with Gasteiger partial charge in [-0.1, -0.05) is 6.07 Å². The van der Waals surface area contributed by atoms with Gasteiger partial charge in [0.15, 0.2) is 12.7 Å². The maximum absolute atomic E-state index is 12.2. The van der Waals surface area contributed by atoms with E-state index in [2.05, 4.69) is 10.6 Å². The van der Waals surface area contributed by atoms with E-state index in [0.717, 1.165) is 12.1 Å². The van der Waals surface area contributed by atoms with Crippen LogP contribution in [0.2, 0.25) is 0 Å². The Balaban J connectivity index is 1.36. The van der Waals surface area contributed by atoms with Crippen molar-refractivity contribution in [3.63, 3.8) is 0 Å². The van der Waals surface area contributed by atoms with Crippen molar-refractivity contribution in [3.8, 4) is 11.5 Å². The van der Waals surface area contributed by atoms with Crippen molar-refractivity contribution in [2.75, 3.05) is 28.7 Å². The number of fused-ring (bicyclic) bond motifs is 1. The zero-order valence-corrected chi connectivity index (χ0v) is 15.9. The van der Waals surface area contributed by atoms with Crippen LogP contribution in [-0.2, 0) is 14.4 Å². The number of rotatable bonds is 5. The molecule has 3 amide bonds. The highest BCUT2D eigenvalue weighted by molar-refractivity contribution is 5.99. The normalized spacial score (nSPS) is 18.0. The molecule has 8 heteroatoms. The molecule has 1 fully saturated rings. The van der Waals surface area contributed by atoms with Gasteiger partial charge in [-0.2, -0.15) is 0 Å². The van der Waals surface area contributed by atoms with E-state index >= 15 is 0 Å². The lowest BCUT2D eigenvalue weighted by Crippen LogP contribution is -2.34. The van der Waals surface area contributed by atoms with E-state index in [1.165, 1.54) is 0 Å². The molecule has 2 aromatic rings. The second-order valence-corrected chi connectivity index (χ2v) is 6.94. The Morgan fingerprint density at radius 2 is 2.14 bits per heavy atom. The molecule has 0 bridgehead atoms. The summed E-state index contributed by atoms with van der Waals surface area (Å²) in [6.07, 6.45) is 0.846. The van der Waals surface area contributed by atoms with Gasteiger partial charge in [0.05, 0.1) is 5.69 Å². The van der Waals surface area contributed by atoms with Gasteiger partial charge in [-0.15, -0.1) is 0 Å². The van der Waals surface area contributed by atoms with Crippen LogP contribution in [0.5, 0.6) is 11.5 Å². The van der Waals surface area contributed by atoms with Crippen molar-refractivity contribution >= 4 is 34.8 Å². The largest absolute Gasteiger partial charge is 0.484 e. The van der Waals surface area contributed by atoms with E-state index in [1.807, 2.05) is 6.07 Å². The average molecular weight is 395 g/mol. The molecule has 2 aliphatic heterocycles. The van der Waals surface area contributed by atoms with E-state index in [4.69, 9.17) is 9.47 Å². The molecule has 2 aromatic carbocycles. The van der Waals surface area contributed by atoms with E-state index in [0.29, 0.717) is 35.8 Å². The number of hydrogen-bond donors (Lipinski definition) is 2. The summed E-state index contributed by atoms with van der Waals surface area (Å²) in [5.41, 5.74) is 1.80. The number of hydrogen-bond acceptors (Lipinski definition) is 5. The fourth-order valence-corrected chi connectivity index (χ4v) is 3.29. The molecule has 0 saturated carbocycles. The number of carbonyl (C=O) groups excluding carboxylic acids is 3. The molecule has 8 nitrogen and oxygen atoms in total. The summed E-state index contributed by atoms with van der Waals surface area (Å²) in [4.78, 5) is 37.6. The van der Waals surface area contributed by atoms with Gasteiger partial charge < -0.3 is 25.0 Å². The highest BCUT2D eigenvalue weighted by Gasteiger charge is 2.24. The Bertz CT molecular complexity index is 975. The predicted molar refractivity (Wildman–Crippen MR) is 107 cm³/mol. The number of nitrogens with one attached hydrogen (secondary N) is 2. The summed E-state index contributed by atoms with van der Waals surface area (Å²) in [6.45, 7) is 2.18. The van der Waals surface area contributed by atoms with Gasteiger partial charge in [-0.3, -0.25) is 14.4 Å². The van der Waals surface area contributed by atoms with Crippen molar-refractivity contribution < 1.29 is 23.9 Å². The van der Waals surface area contributed by atoms with Crippen LogP contribution in [0.25, 0.3) is 0 Å². The second kappa shape index (κ2) is 7.83. The molecule has 2 heterocycles. The standard InChI is InChI=1S/C21H21N3O5/c1-13-21(27)23-17-10-14(7-8-18(17)29-13)22-19(25)12-28-16-5-2-4-15(11-16)24-9-3-6-20(24)26/h2,4-5,7-8,10-11,13H,3,6,9,12H2,1H3,(H,22,25)(H,23,27)/t13-/m0/s1. The molecule has 4 rings (SSSR count). The fourth-order valence-electron chi connectivity index (χ4n) is 3.29. The number of ether oxygens (including phenoxy) is 2. The molecule has 0 unspecified atom stereocenters. The van der Waals surface area contributed by atoms with Crippen molar-refractivity contribution in [1.29, 1.82) is 0 Å². The Kier molecular flexibility index (Phi) is 5.07. The summed E-state index contributed by atoms with van der Waals surface area (Å²) < 4.78 is 11.1. The van der Waals surface area contributed by atoms with Crippen molar-refractivity contribution in [2.45, 2.75) is 25.9 Å². The number of nitrogens with zero attached hydrogens (tertiary/aromatic N) is 1. The smallest absolute Gasteiger partial charge is 0.265 e. The van der Waals surface area contributed by atoms with Crippen LogP contribution >= 0.6 is 0 Å². The molecular formula is C21H21N3O5. The molecular weight excluding hydrogens is 374 g/mol. The first-order valence-corrected chi connectivity index (χ1v) is 9.44. The minimum atomic E-state index is -0.553. The van der Waals surface area contributed by atoms with Crippen LogP contribution in [0.15, 0.2) is 42.5 Å². The van der Waals surface area contributed by atoms with E-state index in [1.54, 1.807) is 48.2 Å². The zero-order chi connectivity index (χ0) is 20.4. The van der Waals surface area contributed by atoms with Crippen LogP contribution in [0, 0.1) is 0 Å². The van der Waals surface area contributed by atoms with Crippen LogP contribution < -0.4 is 25.0 Å². The molecule has 1 saturated heterocycles. The Morgan fingerprint density at radius 3 is 2.93 bits per heavy atom. The Morgan fingerprint density at radius 1 is 1.28 bits per heavy atom. The molecule has 2 N–H and O–H groups in total. The topological polar surface area (TPSA) is 97.0 Å². The highest BCUT2D eigenvalue weighted by atomic mass is 16.5. The zero-order valence-electron chi connectivity index (χ0n) is 15.9. The summed E-state index contributed by atoms with van der Waals surface area (Å²) in [5, 5.41) is 5.47. The molecule has 29 heavy (non-hydrogen) atoms. The van der Waals surface area contributed by atoms with Crippen molar-refractivity contribution in [1.82, 2.24) is 0 Å². The number of amides is 3. The summed E-state index contributed by atoms with van der Waals surface area (Å²) >= 11 is 0. The first-order chi connectivity index (χ1) is 14.0. The number of carbonyl (C=O) groups is 3. The highest BCUT2D eigenvalue weighted by Crippen LogP contribution is 2.32. The Hall–Kier alpha value is -3.55. The summed E-state index contributed by atoms with van der Waals surface area (Å²) in [6, 6.07) is 12.2. The molecule has 0 aliphatic carbocycles. The van der Waals surface area contributed by atoms with Gasteiger partial charge in [0.2, 0.25) is 5.91 Å². The minimum Gasteiger partial charge on any atom is -0.484 e. The van der Waals surface area contributed by atoms with Gasteiger partial charge >= 0.3 is 0 Å². The third kappa shape index (κ3) is 4.16. The Labute approximate surface area is 167 Å². The third-order valence-corrected chi connectivity index (χ3v) is 4.77. The van der Waals surface area contributed by atoms with Gasteiger partial charge in [-0.25, -0.2) is 0 Å². The lowest BCUT2D eigenvalue weighted by Gasteiger charge is -2.23. The summed E-state index contributed by atoms with van der Waals surface area (Å²) in [5.74, 6) is 0.583. The molecule has 2 aliphatic rings. The van der Waals surface area contributed by atoms with Crippen LogP contribution in [0.4, 0.5) is 17.1 Å². The minimum absolute atomic E-state index is 0.0952. The first-order valence-electron chi connectivity index (χ1n) is 9.44. The van der Waals surface area contributed by atoms with Gasteiger partial charge in [0.25, 0.3) is 11.8 Å². The van der Waals surface area contributed by atoms with Crippen LogP contribution in [0.3, 0.4) is 0 Å². The third-order valence-electron chi connectivity index (χ3n) is 4.77. The predicted octanol–water partition coefficient (Wildman–Crippen LogP) is 2.55. The monoisotopic (exact) mass is 395 g/mol. The van der Waals surface area contributed by atoms with E-state index in [9.17, 15) is 14.4 Å². The quantitative estimate of drug-likeness (QED) is 0.811. The number of anilines is 3. The number of benzene rings is 2. The van der Waals surface area contributed by atoms with Gasteiger partial charge in [0, 0.05) is 30.4 Å². The van der Waals surface area contributed by atoms with Crippen LogP contribution in [-0.4, -0.2) is 37.0 Å². The fraction of sp³-hybridized carbons (Fsp3) is 0.286. The molecule has 0 radical (unpaired) electrons. The molecule has 150 valence electrons. The molecule has 1 atom stereocenters. The molecule has 0 aromatic heterocycles. The first kappa shape index (κ1) is 18.8. The second-order valence-electron chi connectivity index (χ2n) is 6.94. The van der Waals surface area contributed by atoms with Gasteiger partial charge in [-0.05, 0) is 43.7 Å². The lowest BCUT2D eigenvalue weighted by molar-refractivity contribution is -0.122. The van der Waals surface area contributed by atoms with Crippen molar-refractivity contribution in [3.05, 3.63) is 42.5 Å². The maximum atomic E-state index is 12.2. The summed E-state index contributed by atoms with van der Waals surface area (Å²) in [7, 11) is 0. The SMILES string of the molecule is C[C@@H]1Oc2ccc(NC(=O)COc3cccc(N4CCCC4=O)c3)cc2NC1=O. The lowest BCUT2D eigenvalue weighted by atomic mass is 10.2. The van der Waals surface area contributed by atoms with E-state index < -0.39 is 6.10 Å². The maximum Gasteiger partial charge on any atom is 0.265 e.